The molecule has 1 unspecified atom stereocenters. The summed E-state index contributed by atoms with van der Waals surface area (Å²) in [5, 5.41) is 13.5. The van der Waals surface area contributed by atoms with Gasteiger partial charge in [-0.3, -0.25) is 4.90 Å². The van der Waals surface area contributed by atoms with Crippen LogP contribution in [0.5, 0.6) is 0 Å². The minimum absolute atomic E-state index is 0.192. The molecule has 1 aliphatic rings. The predicted octanol–water partition coefficient (Wildman–Crippen LogP) is 2.51. The molecule has 1 atom stereocenters. The first-order chi connectivity index (χ1) is 8.72. The Morgan fingerprint density at radius 1 is 1.39 bits per heavy atom. The topological polar surface area (TPSA) is 39.1 Å². The van der Waals surface area contributed by atoms with Gasteiger partial charge in [0.1, 0.15) is 6.04 Å². The van der Waals surface area contributed by atoms with Gasteiger partial charge in [0.05, 0.1) is 6.07 Å². The Bertz CT molecular complexity index is 445. The van der Waals surface area contributed by atoms with Crippen LogP contribution in [-0.4, -0.2) is 31.1 Å². The highest BCUT2D eigenvalue weighted by Crippen LogP contribution is 2.25. The summed E-state index contributed by atoms with van der Waals surface area (Å²) in [5.74, 6) is 0. The maximum absolute atomic E-state index is 9.43. The zero-order chi connectivity index (χ0) is 13.0. The first-order valence-corrected chi connectivity index (χ1v) is 6.70. The van der Waals surface area contributed by atoms with E-state index in [0.29, 0.717) is 0 Å². The number of rotatable bonds is 2. The minimum atomic E-state index is -0.192. The number of nitrogens with one attached hydrogen (secondary N) is 1. The van der Waals surface area contributed by atoms with E-state index in [1.165, 1.54) is 0 Å². The van der Waals surface area contributed by atoms with Crippen molar-refractivity contribution in [3.8, 4) is 6.07 Å². The van der Waals surface area contributed by atoms with Crippen molar-refractivity contribution >= 4 is 11.6 Å². The molecule has 96 valence electrons. The van der Waals surface area contributed by atoms with Gasteiger partial charge in [-0.25, -0.2) is 0 Å². The van der Waals surface area contributed by atoms with Crippen LogP contribution in [0.3, 0.4) is 0 Å². The third-order valence-corrected chi connectivity index (χ3v) is 3.78. The molecule has 0 radical (unpaired) electrons. The van der Waals surface area contributed by atoms with Gasteiger partial charge in [-0.2, -0.15) is 5.26 Å². The number of nitrogens with zero attached hydrogens (tertiary/aromatic N) is 2. The molecular weight excluding hydrogens is 246 g/mol. The fourth-order valence-electron chi connectivity index (χ4n) is 2.27. The molecule has 0 spiro atoms. The molecule has 0 saturated carbocycles. The Labute approximate surface area is 113 Å². The Morgan fingerprint density at radius 2 is 2.22 bits per heavy atom. The normalized spacial score (nSPS) is 18.9. The lowest BCUT2D eigenvalue weighted by Crippen LogP contribution is -2.31. The summed E-state index contributed by atoms with van der Waals surface area (Å²) in [6.45, 7) is 5.81. The van der Waals surface area contributed by atoms with Crippen molar-refractivity contribution in [1.82, 2.24) is 10.2 Å². The van der Waals surface area contributed by atoms with Crippen LogP contribution in [0.15, 0.2) is 18.2 Å². The molecule has 1 aliphatic heterocycles. The fourth-order valence-corrected chi connectivity index (χ4v) is 2.46. The molecule has 1 aromatic carbocycles. The van der Waals surface area contributed by atoms with Gasteiger partial charge in [0.2, 0.25) is 0 Å². The van der Waals surface area contributed by atoms with Crippen LogP contribution in [0.1, 0.15) is 23.6 Å². The van der Waals surface area contributed by atoms with Gasteiger partial charge in [0.15, 0.2) is 0 Å². The second-order valence-corrected chi connectivity index (χ2v) is 5.09. The van der Waals surface area contributed by atoms with E-state index in [1.54, 1.807) is 0 Å². The molecule has 1 N–H and O–H groups in total. The zero-order valence-electron chi connectivity index (χ0n) is 10.6. The van der Waals surface area contributed by atoms with Crippen LogP contribution in [-0.2, 0) is 0 Å². The van der Waals surface area contributed by atoms with E-state index in [2.05, 4.69) is 16.3 Å². The summed E-state index contributed by atoms with van der Waals surface area (Å²) >= 11 is 6.15. The van der Waals surface area contributed by atoms with E-state index in [9.17, 15) is 5.26 Å². The molecule has 3 nitrogen and oxygen atoms in total. The number of nitriles is 1. The van der Waals surface area contributed by atoms with Gasteiger partial charge in [0.25, 0.3) is 0 Å². The van der Waals surface area contributed by atoms with Crippen molar-refractivity contribution in [2.24, 2.45) is 0 Å². The van der Waals surface area contributed by atoms with E-state index >= 15 is 0 Å². The van der Waals surface area contributed by atoms with Crippen LogP contribution >= 0.6 is 11.6 Å². The summed E-state index contributed by atoms with van der Waals surface area (Å²) in [6, 6.07) is 8.12. The van der Waals surface area contributed by atoms with Gasteiger partial charge < -0.3 is 5.32 Å². The minimum Gasteiger partial charge on any atom is -0.315 e. The summed E-state index contributed by atoms with van der Waals surface area (Å²) in [6.07, 6.45) is 1.08. The fraction of sp³-hybridized carbons (Fsp3) is 0.500. The van der Waals surface area contributed by atoms with Gasteiger partial charge in [-0.05, 0) is 37.1 Å². The molecule has 1 saturated heterocycles. The molecule has 0 aromatic heterocycles. The smallest absolute Gasteiger partial charge is 0.123 e. The highest BCUT2D eigenvalue weighted by Gasteiger charge is 2.21. The maximum atomic E-state index is 9.43. The molecule has 4 heteroatoms. The van der Waals surface area contributed by atoms with E-state index in [-0.39, 0.29) is 6.04 Å². The number of benzene rings is 1. The van der Waals surface area contributed by atoms with Crippen LogP contribution in [0, 0.1) is 18.3 Å². The van der Waals surface area contributed by atoms with Crippen molar-refractivity contribution in [1.29, 1.82) is 5.26 Å². The average Bonchev–Trinajstić information content (AvgIpc) is 2.64. The van der Waals surface area contributed by atoms with E-state index in [1.807, 2.05) is 25.1 Å². The Balaban J connectivity index is 2.21. The monoisotopic (exact) mass is 263 g/mol. The van der Waals surface area contributed by atoms with Crippen molar-refractivity contribution in [2.75, 3.05) is 26.2 Å². The third kappa shape index (κ3) is 3.02. The van der Waals surface area contributed by atoms with Crippen LogP contribution < -0.4 is 5.32 Å². The number of halogens is 1. The number of hydrogen-bond donors (Lipinski definition) is 1. The van der Waals surface area contributed by atoms with Crippen LogP contribution in [0.4, 0.5) is 0 Å². The third-order valence-electron chi connectivity index (χ3n) is 3.37. The van der Waals surface area contributed by atoms with E-state index < -0.39 is 0 Å². The van der Waals surface area contributed by atoms with Crippen LogP contribution in [0.25, 0.3) is 0 Å². The molecule has 0 bridgehead atoms. The first kappa shape index (κ1) is 13.4. The van der Waals surface area contributed by atoms with Crippen LogP contribution in [0.2, 0.25) is 5.02 Å². The lowest BCUT2D eigenvalue weighted by molar-refractivity contribution is 0.252. The average molecular weight is 264 g/mol. The zero-order valence-corrected chi connectivity index (χ0v) is 11.4. The van der Waals surface area contributed by atoms with Gasteiger partial charge in [-0.1, -0.05) is 23.7 Å². The lowest BCUT2D eigenvalue weighted by Gasteiger charge is -2.25. The van der Waals surface area contributed by atoms with Crippen molar-refractivity contribution in [2.45, 2.75) is 19.4 Å². The molecule has 1 heterocycles. The predicted molar refractivity (Wildman–Crippen MR) is 73.6 cm³/mol. The lowest BCUT2D eigenvalue weighted by atomic mass is 10.0. The second-order valence-electron chi connectivity index (χ2n) is 4.68. The standard InChI is InChI=1S/C14H18ClN3/c1-11-3-4-12(9-13(11)15)14(10-16)18-7-2-5-17-6-8-18/h3-4,9,14,17H,2,5-8H2,1H3. The molecule has 0 amide bonds. The molecule has 2 rings (SSSR count). The van der Waals surface area contributed by atoms with E-state index in [4.69, 9.17) is 11.6 Å². The largest absolute Gasteiger partial charge is 0.315 e. The molecule has 0 aliphatic carbocycles. The van der Waals surface area contributed by atoms with Crippen molar-refractivity contribution in [3.05, 3.63) is 34.3 Å². The van der Waals surface area contributed by atoms with Gasteiger partial charge >= 0.3 is 0 Å². The number of aryl methyl sites for hydroxylation is 1. The van der Waals surface area contributed by atoms with Gasteiger partial charge in [-0.15, -0.1) is 0 Å². The van der Waals surface area contributed by atoms with E-state index in [0.717, 1.165) is 48.7 Å². The molecule has 1 aromatic rings. The maximum Gasteiger partial charge on any atom is 0.123 e. The summed E-state index contributed by atoms with van der Waals surface area (Å²) < 4.78 is 0. The highest BCUT2D eigenvalue weighted by molar-refractivity contribution is 6.31. The summed E-state index contributed by atoms with van der Waals surface area (Å²) in [5.41, 5.74) is 2.05. The quantitative estimate of drug-likeness (QED) is 0.891. The SMILES string of the molecule is Cc1ccc(C(C#N)N2CCCNCC2)cc1Cl. The summed E-state index contributed by atoms with van der Waals surface area (Å²) in [7, 11) is 0. The Hall–Kier alpha value is -1.08. The molecule has 1 fully saturated rings. The highest BCUT2D eigenvalue weighted by atomic mass is 35.5. The van der Waals surface area contributed by atoms with Gasteiger partial charge in [0, 0.05) is 24.7 Å². The molecule has 18 heavy (non-hydrogen) atoms. The first-order valence-electron chi connectivity index (χ1n) is 6.33. The number of hydrogen-bond acceptors (Lipinski definition) is 3. The van der Waals surface area contributed by atoms with Crippen molar-refractivity contribution < 1.29 is 0 Å². The summed E-state index contributed by atoms with van der Waals surface area (Å²) in [4.78, 5) is 2.22. The van der Waals surface area contributed by atoms with Crippen molar-refractivity contribution in [3.63, 3.8) is 0 Å². The second kappa shape index (κ2) is 6.19. The Kier molecular flexibility index (Phi) is 4.60. The Morgan fingerprint density at radius 3 is 2.94 bits per heavy atom. The molecular formula is C14H18ClN3.